The Labute approximate surface area is 275 Å². The maximum atomic E-state index is 7.02. The molecule has 8 aromatic rings. The molecule has 0 atom stereocenters. The van der Waals surface area contributed by atoms with Crippen molar-refractivity contribution in [1.29, 1.82) is 0 Å². The highest BCUT2D eigenvalue weighted by molar-refractivity contribution is 6.08. The molecule has 47 heavy (non-hydrogen) atoms. The molecule has 2 heterocycles. The number of anilines is 3. The number of para-hydroxylation sites is 3. The summed E-state index contributed by atoms with van der Waals surface area (Å²) in [6.45, 7) is 0. The second-order valence-corrected chi connectivity index (χ2v) is 12.8. The predicted octanol–water partition coefficient (Wildman–Crippen LogP) is 12.7. The molecule has 0 N–H and O–H groups in total. The molecule has 1 aliphatic carbocycles. The molecule has 1 aliphatic rings. The summed E-state index contributed by atoms with van der Waals surface area (Å²) in [5.41, 5.74) is 13.6. The minimum Gasteiger partial charge on any atom is -0.437 e. The Morgan fingerprint density at radius 2 is 1.13 bits per heavy atom. The highest BCUT2D eigenvalue weighted by Crippen LogP contribution is 2.44. The van der Waals surface area contributed by atoms with E-state index in [1.807, 2.05) is 0 Å². The van der Waals surface area contributed by atoms with Gasteiger partial charge in [-0.25, -0.2) is 0 Å². The lowest BCUT2D eigenvalue weighted by Gasteiger charge is -2.25. The number of benzene rings is 6. The van der Waals surface area contributed by atoms with Crippen LogP contribution in [0.25, 0.3) is 50.0 Å². The lowest BCUT2D eigenvalue weighted by molar-refractivity contribution is 0.444. The van der Waals surface area contributed by atoms with E-state index in [4.69, 9.17) is 4.42 Å². The first-order valence-corrected chi connectivity index (χ1v) is 16.9. The van der Waals surface area contributed by atoms with Crippen molar-refractivity contribution in [3.8, 4) is 22.3 Å². The summed E-state index contributed by atoms with van der Waals surface area (Å²) in [5, 5.41) is 1.22. The normalized spacial score (nSPS) is 13.9. The summed E-state index contributed by atoms with van der Waals surface area (Å²) in [7, 11) is 0. The third-order valence-electron chi connectivity index (χ3n) is 9.97. The fourth-order valence-corrected chi connectivity index (χ4v) is 7.72. The summed E-state index contributed by atoms with van der Waals surface area (Å²) in [4.78, 5) is 2.31. The van der Waals surface area contributed by atoms with Gasteiger partial charge in [0.1, 0.15) is 0 Å². The molecule has 3 heteroatoms. The maximum Gasteiger partial charge on any atom is 0.213 e. The van der Waals surface area contributed by atoms with Gasteiger partial charge in [0.15, 0.2) is 5.58 Å². The fraction of sp³-hybridized carbons (Fsp3) is 0.136. The number of hydrogen-bond acceptors (Lipinski definition) is 2. The predicted molar refractivity (Wildman–Crippen MR) is 196 cm³/mol. The van der Waals surface area contributed by atoms with Crippen LogP contribution in [0.3, 0.4) is 0 Å². The number of fused-ring (bicyclic) bond motifs is 5. The quantitative estimate of drug-likeness (QED) is 0.187. The van der Waals surface area contributed by atoms with E-state index in [9.17, 15) is 0 Å². The van der Waals surface area contributed by atoms with Gasteiger partial charge in [-0.05, 0) is 90.0 Å². The first-order chi connectivity index (χ1) is 23.3. The van der Waals surface area contributed by atoms with Crippen LogP contribution in [0.1, 0.15) is 43.6 Å². The average molecular weight is 609 g/mol. The smallest absolute Gasteiger partial charge is 0.213 e. The summed E-state index contributed by atoms with van der Waals surface area (Å²) < 4.78 is 9.38. The molecule has 1 fully saturated rings. The Bertz CT molecular complexity index is 2270. The Hall–Kier alpha value is -5.54. The molecule has 0 bridgehead atoms. The molecule has 1 saturated carbocycles. The lowest BCUT2D eigenvalue weighted by Crippen LogP contribution is -2.09. The molecule has 2 aromatic heterocycles. The fourth-order valence-electron chi connectivity index (χ4n) is 7.72. The first kappa shape index (κ1) is 27.7. The van der Waals surface area contributed by atoms with Crippen LogP contribution in [0, 0.1) is 0 Å². The second-order valence-electron chi connectivity index (χ2n) is 12.8. The molecular formula is C44H36N2O. The van der Waals surface area contributed by atoms with Gasteiger partial charge in [0, 0.05) is 28.0 Å². The van der Waals surface area contributed by atoms with E-state index >= 15 is 0 Å². The van der Waals surface area contributed by atoms with Crippen molar-refractivity contribution in [3.63, 3.8) is 0 Å². The van der Waals surface area contributed by atoms with Crippen LogP contribution in [0.15, 0.2) is 156 Å². The average Bonchev–Trinajstić information content (AvgIpc) is 3.68. The largest absolute Gasteiger partial charge is 0.437 e. The molecule has 228 valence electrons. The zero-order valence-electron chi connectivity index (χ0n) is 26.3. The van der Waals surface area contributed by atoms with Crippen LogP contribution in [-0.2, 0) is 0 Å². The van der Waals surface area contributed by atoms with Crippen LogP contribution in [0.4, 0.5) is 17.1 Å². The van der Waals surface area contributed by atoms with E-state index in [1.54, 1.807) is 0 Å². The SMILES string of the molecule is c1ccc(-c2c3ccccc3n3c2oc2c(-c4ccc(N(c5ccccc5)c5ccccc5)cc4)cc(C4CCCCC4)cc23)cc1. The highest BCUT2D eigenvalue weighted by atomic mass is 16.3. The standard InChI is InChI=1S/C44H36N2O/c1-5-15-31(16-6-1)34-29-39(32-25-27-37(28-26-32)45(35-19-9-3-10-20-35)36-21-11-4-12-22-36)43-41(30-34)46-40-24-14-13-23-38(40)42(44(46)47-43)33-17-7-2-8-18-33/h2-4,7-14,17-31H,1,5-6,15-16H2. The van der Waals surface area contributed by atoms with Gasteiger partial charge in [0.2, 0.25) is 5.71 Å². The van der Waals surface area contributed by atoms with Crippen molar-refractivity contribution < 1.29 is 4.42 Å². The van der Waals surface area contributed by atoms with Gasteiger partial charge in [-0.2, -0.15) is 0 Å². The van der Waals surface area contributed by atoms with Gasteiger partial charge < -0.3 is 9.32 Å². The molecule has 0 amide bonds. The molecule has 0 radical (unpaired) electrons. The zero-order valence-corrected chi connectivity index (χ0v) is 26.3. The molecular weight excluding hydrogens is 572 g/mol. The topological polar surface area (TPSA) is 20.8 Å². The van der Waals surface area contributed by atoms with Crippen molar-refractivity contribution in [1.82, 2.24) is 4.40 Å². The molecule has 3 nitrogen and oxygen atoms in total. The van der Waals surface area contributed by atoms with Crippen molar-refractivity contribution in [2.45, 2.75) is 38.0 Å². The van der Waals surface area contributed by atoms with Crippen LogP contribution in [0.2, 0.25) is 0 Å². The molecule has 0 saturated heterocycles. The van der Waals surface area contributed by atoms with E-state index in [2.05, 4.69) is 161 Å². The minimum atomic E-state index is 0.568. The Morgan fingerprint density at radius 1 is 0.532 bits per heavy atom. The number of hydrogen-bond donors (Lipinski definition) is 0. The van der Waals surface area contributed by atoms with Gasteiger partial charge in [-0.1, -0.05) is 116 Å². The lowest BCUT2D eigenvalue weighted by atomic mass is 9.83. The second kappa shape index (κ2) is 11.7. The number of oxazole rings is 1. The van der Waals surface area contributed by atoms with Crippen molar-refractivity contribution in [2.75, 3.05) is 4.90 Å². The number of aromatic nitrogens is 1. The summed E-state index contributed by atoms with van der Waals surface area (Å²) in [6.07, 6.45) is 6.43. The van der Waals surface area contributed by atoms with Crippen LogP contribution < -0.4 is 4.90 Å². The van der Waals surface area contributed by atoms with E-state index in [-0.39, 0.29) is 0 Å². The molecule has 6 aromatic carbocycles. The third-order valence-corrected chi connectivity index (χ3v) is 9.97. The van der Waals surface area contributed by atoms with Crippen LogP contribution >= 0.6 is 0 Å². The van der Waals surface area contributed by atoms with Gasteiger partial charge in [0.25, 0.3) is 0 Å². The highest BCUT2D eigenvalue weighted by Gasteiger charge is 2.25. The van der Waals surface area contributed by atoms with Crippen LogP contribution in [-0.4, -0.2) is 4.40 Å². The Kier molecular flexibility index (Phi) is 6.89. The van der Waals surface area contributed by atoms with Crippen molar-refractivity contribution >= 4 is 44.8 Å². The number of nitrogens with zero attached hydrogens (tertiary/aromatic N) is 2. The van der Waals surface area contributed by atoms with Crippen molar-refractivity contribution in [2.24, 2.45) is 0 Å². The molecule has 0 spiro atoms. The van der Waals surface area contributed by atoms with Crippen molar-refractivity contribution in [3.05, 3.63) is 157 Å². The molecule has 9 rings (SSSR count). The van der Waals surface area contributed by atoms with Gasteiger partial charge >= 0.3 is 0 Å². The van der Waals surface area contributed by atoms with E-state index in [0.29, 0.717) is 5.92 Å². The van der Waals surface area contributed by atoms with Gasteiger partial charge in [-0.3, -0.25) is 4.40 Å². The minimum absolute atomic E-state index is 0.568. The number of rotatable bonds is 6. The summed E-state index contributed by atoms with van der Waals surface area (Å²) >= 11 is 0. The summed E-state index contributed by atoms with van der Waals surface area (Å²) in [6, 6.07) is 54.4. The van der Waals surface area contributed by atoms with E-state index in [1.165, 1.54) is 59.7 Å². The van der Waals surface area contributed by atoms with E-state index in [0.717, 1.165) is 45.0 Å². The Morgan fingerprint density at radius 3 is 1.81 bits per heavy atom. The first-order valence-electron chi connectivity index (χ1n) is 16.9. The van der Waals surface area contributed by atoms with Crippen LogP contribution in [0.5, 0.6) is 0 Å². The molecule has 0 aliphatic heterocycles. The molecule has 0 unspecified atom stereocenters. The van der Waals surface area contributed by atoms with E-state index < -0.39 is 0 Å². The monoisotopic (exact) mass is 608 g/mol. The van der Waals surface area contributed by atoms with Gasteiger partial charge in [0.05, 0.1) is 16.6 Å². The summed E-state index contributed by atoms with van der Waals surface area (Å²) in [5.74, 6) is 0.568. The maximum absolute atomic E-state index is 7.02. The van der Waals surface area contributed by atoms with Gasteiger partial charge in [-0.15, -0.1) is 0 Å². The third kappa shape index (κ3) is 4.82. The zero-order chi connectivity index (χ0) is 31.2. The Balaban J connectivity index is 1.25.